The van der Waals surface area contributed by atoms with Crippen molar-refractivity contribution in [2.24, 2.45) is 5.92 Å². The summed E-state index contributed by atoms with van der Waals surface area (Å²) in [7, 11) is -2.17. The number of sulfonamides is 1. The molecule has 0 fully saturated rings. The lowest BCUT2D eigenvalue weighted by molar-refractivity contribution is -0.116. The molecule has 0 radical (unpaired) electrons. The van der Waals surface area contributed by atoms with Crippen molar-refractivity contribution in [3.8, 4) is 5.75 Å². The third-order valence-corrected chi connectivity index (χ3v) is 7.23. The van der Waals surface area contributed by atoms with Gasteiger partial charge in [-0.1, -0.05) is 36.9 Å². The summed E-state index contributed by atoms with van der Waals surface area (Å²) >= 11 is 2.84. The zero-order valence-corrected chi connectivity index (χ0v) is 18.8. The van der Waals surface area contributed by atoms with Crippen LogP contribution >= 0.6 is 23.1 Å². The third kappa shape index (κ3) is 6.08. The first-order valence-corrected chi connectivity index (χ1v) is 12.2. The van der Waals surface area contributed by atoms with Crippen molar-refractivity contribution < 1.29 is 17.9 Å². The Morgan fingerprint density at radius 2 is 1.89 bits per heavy atom. The van der Waals surface area contributed by atoms with E-state index in [0.717, 1.165) is 20.7 Å². The Hall–Kier alpha value is -1.85. The Labute approximate surface area is 173 Å². The van der Waals surface area contributed by atoms with Gasteiger partial charge in [0.25, 0.3) is 0 Å². The van der Waals surface area contributed by atoms with Gasteiger partial charge in [0.1, 0.15) is 11.8 Å². The molecule has 1 amide bonds. The highest BCUT2D eigenvalue weighted by molar-refractivity contribution is 8.01. The maximum atomic E-state index is 12.7. The van der Waals surface area contributed by atoms with Gasteiger partial charge in [-0.05, 0) is 37.1 Å². The zero-order valence-electron chi connectivity index (χ0n) is 16.4. The number of amides is 1. The molecule has 0 bridgehead atoms. The maximum absolute atomic E-state index is 12.7. The predicted molar refractivity (Wildman–Crippen MR) is 114 cm³/mol. The first-order chi connectivity index (χ1) is 13.1. The lowest BCUT2D eigenvalue weighted by Crippen LogP contribution is -2.45. The van der Waals surface area contributed by atoms with Gasteiger partial charge in [0.05, 0.1) is 19.1 Å². The molecule has 1 heterocycles. The molecule has 0 aliphatic carbocycles. The largest absolute Gasteiger partial charge is 0.497 e. The number of aromatic nitrogens is 2. The van der Waals surface area contributed by atoms with Crippen LogP contribution < -0.4 is 14.4 Å². The van der Waals surface area contributed by atoms with Gasteiger partial charge in [-0.15, -0.1) is 10.2 Å². The number of hydrogen-bond acceptors (Lipinski definition) is 8. The fourth-order valence-electron chi connectivity index (χ4n) is 2.30. The van der Waals surface area contributed by atoms with Gasteiger partial charge in [-0.25, -0.2) is 8.42 Å². The molecule has 1 aromatic heterocycles. The van der Waals surface area contributed by atoms with Crippen LogP contribution in [0.15, 0.2) is 28.6 Å². The van der Waals surface area contributed by atoms with Crippen molar-refractivity contribution >= 4 is 49.8 Å². The van der Waals surface area contributed by atoms with Gasteiger partial charge in [0.15, 0.2) is 4.34 Å². The molecular weight excluding hydrogens is 420 g/mol. The van der Waals surface area contributed by atoms with Crippen LogP contribution in [0, 0.1) is 5.92 Å². The SMILES string of the molecule is COc1ccc(N(C(C)C(=O)Nc2nnc(SCC(C)C)s2)S(C)(=O)=O)cc1. The molecule has 1 N–H and O–H groups in total. The van der Waals surface area contributed by atoms with Gasteiger partial charge in [0.2, 0.25) is 21.1 Å². The van der Waals surface area contributed by atoms with Crippen molar-refractivity contribution in [3.05, 3.63) is 24.3 Å². The maximum Gasteiger partial charge on any atom is 0.249 e. The number of carbonyl (C=O) groups is 1. The number of hydrogen-bond donors (Lipinski definition) is 1. The first kappa shape index (κ1) is 22.4. The molecule has 1 aromatic carbocycles. The van der Waals surface area contributed by atoms with Crippen LogP contribution in [0.2, 0.25) is 0 Å². The molecule has 0 aliphatic heterocycles. The molecule has 0 aliphatic rings. The number of nitrogens with zero attached hydrogens (tertiary/aromatic N) is 3. The molecule has 2 rings (SSSR count). The van der Waals surface area contributed by atoms with Crippen molar-refractivity contribution in [3.63, 3.8) is 0 Å². The number of nitrogens with one attached hydrogen (secondary N) is 1. The van der Waals surface area contributed by atoms with E-state index in [1.54, 1.807) is 36.0 Å². The zero-order chi connectivity index (χ0) is 20.9. The standard InChI is InChI=1S/C17H24N4O4S3/c1-11(2)10-26-17-20-19-16(27-17)18-15(22)12(3)21(28(5,23)24)13-6-8-14(25-4)9-7-13/h6-9,11-12H,10H2,1-5H3,(H,18,19,22). The smallest absolute Gasteiger partial charge is 0.249 e. The van der Waals surface area contributed by atoms with Crippen molar-refractivity contribution in [2.75, 3.05) is 28.7 Å². The van der Waals surface area contributed by atoms with Crippen LogP contribution in [0.25, 0.3) is 0 Å². The Kier molecular flexibility index (Phi) is 7.67. The second kappa shape index (κ2) is 9.57. The number of benzene rings is 1. The van der Waals surface area contributed by atoms with E-state index in [9.17, 15) is 13.2 Å². The van der Waals surface area contributed by atoms with Crippen molar-refractivity contribution in [2.45, 2.75) is 31.2 Å². The summed E-state index contributed by atoms with van der Waals surface area (Å²) in [5.41, 5.74) is 0.372. The Bertz CT molecular complexity index is 897. The summed E-state index contributed by atoms with van der Waals surface area (Å²) in [6, 6.07) is 5.49. The lowest BCUT2D eigenvalue weighted by atomic mass is 10.2. The topological polar surface area (TPSA) is 101 Å². The fraction of sp³-hybridized carbons (Fsp3) is 0.471. The molecular formula is C17H24N4O4S3. The third-order valence-electron chi connectivity index (χ3n) is 3.59. The molecule has 1 unspecified atom stereocenters. The van der Waals surface area contributed by atoms with Gasteiger partial charge in [-0.2, -0.15) is 0 Å². The highest BCUT2D eigenvalue weighted by Gasteiger charge is 2.29. The Balaban J connectivity index is 2.15. The van der Waals surface area contributed by atoms with E-state index in [1.165, 1.54) is 25.4 Å². The molecule has 2 aromatic rings. The molecule has 8 nitrogen and oxygen atoms in total. The van der Waals surface area contributed by atoms with E-state index < -0.39 is 22.0 Å². The van der Waals surface area contributed by atoms with Crippen LogP contribution in [0.3, 0.4) is 0 Å². The van der Waals surface area contributed by atoms with E-state index in [0.29, 0.717) is 22.5 Å². The van der Waals surface area contributed by atoms with Crippen LogP contribution in [0.4, 0.5) is 10.8 Å². The first-order valence-electron chi connectivity index (χ1n) is 8.52. The molecule has 154 valence electrons. The summed E-state index contributed by atoms with van der Waals surface area (Å²) in [6.07, 6.45) is 1.06. The average Bonchev–Trinajstić information content (AvgIpc) is 3.07. The molecule has 28 heavy (non-hydrogen) atoms. The van der Waals surface area contributed by atoms with Crippen molar-refractivity contribution in [1.82, 2.24) is 10.2 Å². The van der Waals surface area contributed by atoms with E-state index >= 15 is 0 Å². The minimum atomic E-state index is -3.69. The molecule has 0 saturated carbocycles. The fourth-order valence-corrected chi connectivity index (χ4v) is 5.21. The lowest BCUT2D eigenvalue weighted by Gasteiger charge is -2.27. The number of thioether (sulfide) groups is 1. The highest BCUT2D eigenvalue weighted by atomic mass is 32.2. The second-order valence-electron chi connectivity index (χ2n) is 6.50. The van der Waals surface area contributed by atoms with Crippen LogP contribution in [-0.2, 0) is 14.8 Å². The second-order valence-corrected chi connectivity index (χ2v) is 10.6. The van der Waals surface area contributed by atoms with Crippen LogP contribution in [0.1, 0.15) is 20.8 Å². The number of anilines is 2. The van der Waals surface area contributed by atoms with E-state index in [2.05, 4.69) is 29.4 Å². The van der Waals surface area contributed by atoms with E-state index in [-0.39, 0.29) is 0 Å². The molecule has 0 spiro atoms. The summed E-state index contributed by atoms with van der Waals surface area (Å²) in [5, 5.41) is 11.0. The van der Waals surface area contributed by atoms with Gasteiger partial charge in [0, 0.05) is 5.75 Å². The number of carbonyl (C=O) groups excluding carboxylic acids is 1. The Morgan fingerprint density at radius 3 is 2.43 bits per heavy atom. The number of ether oxygens (including phenoxy) is 1. The molecule has 0 saturated heterocycles. The highest BCUT2D eigenvalue weighted by Crippen LogP contribution is 2.28. The quantitative estimate of drug-likeness (QED) is 0.468. The molecule has 1 atom stereocenters. The van der Waals surface area contributed by atoms with Gasteiger partial charge < -0.3 is 4.74 Å². The number of rotatable bonds is 9. The minimum absolute atomic E-state index is 0.339. The van der Waals surface area contributed by atoms with E-state index in [4.69, 9.17) is 4.74 Å². The monoisotopic (exact) mass is 444 g/mol. The summed E-state index contributed by atoms with van der Waals surface area (Å²) in [5.74, 6) is 1.52. The summed E-state index contributed by atoms with van der Waals surface area (Å²) < 4.78 is 31.6. The minimum Gasteiger partial charge on any atom is -0.497 e. The Morgan fingerprint density at radius 1 is 1.25 bits per heavy atom. The van der Waals surface area contributed by atoms with Gasteiger partial charge in [-0.3, -0.25) is 14.4 Å². The van der Waals surface area contributed by atoms with E-state index in [1.807, 2.05) is 0 Å². The predicted octanol–water partition coefficient (Wildman–Crippen LogP) is 3.09. The molecule has 11 heteroatoms. The summed E-state index contributed by atoms with van der Waals surface area (Å²) in [6.45, 7) is 5.74. The van der Waals surface area contributed by atoms with Crippen LogP contribution in [-0.4, -0.2) is 49.7 Å². The number of methoxy groups -OCH3 is 1. The van der Waals surface area contributed by atoms with Crippen molar-refractivity contribution in [1.29, 1.82) is 0 Å². The van der Waals surface area contributed by atoms with Gasteiger partial charge >= 0.3 is 0 Å². The van der Waals surface area contributed by atoms with Crippen LogP contribution in [0.5, 0.6) is 5.75 Å². The summed E-state index contributed by atoms with van der Waals surface area (Å²) in [4.78, 5) is 12.7. The normalized spacial score (nSPS) is 12.6. The average molecular weight is 445 g/mol.